The van der Waals surface area contributed by atoms with Crippen molar-refractivity contribution in [1.29, 1.82) is 0 Å². The average molecular weight is 455 g/mol. The summed E-state index contributed by atoms with van der Waals surface area (Å²) in [5, 5.41) is 7.04. The number of hydrogen-bond donors (Lipinski definition) is 2. The molecule has 0 aliphatic heterocycles. The number of sulfonamides is 1. The minimum atomic E-state index is -3.84. The molecule has 6 nitrogen and oxygen atoms in total. The van der Waals surface area contributed by atoms with Crippen LogP contribution >= 0.6 is 12.2 Å². The largest absolute Gasteiger partial charge is 0.271 e. The normalized spacial score (nSPS) is 12.5. The number of benzene rings is 3. The van der Waals surface area contributed by atoms with Crippen molar-refractivity contribution in [2.24, 2.45) is 0 Å². The van der Waals surface area contributed by atoms with E-state index in [4.69, 9.17) is 12.2 Å². The van der Waals surface area contributed by atoms with Crippen molar-refractivity contribution in [2.45, 2.75) is 17.4 Å². The van der Waals surface area contributed by atoms with E-state index >= 15 is 0 Å². The van der Waals surface area contributed by atoms with Gasteiger partial charge in [0.15, 0.2) is 10.6 Å². The average Bonchev–Trinajstić information content (AvgIpc) is 3.16. The van der Waals surface area contributed by atoms with E-state index in [0.717, 1.165) is 5.56 Å². The molecule has 0 spiro atoms. The monoisotopic (exact) mass is 454 g/mol. The van der Waals surface area contributed by atoms with Gasteiger partial charge >= 0.3 is 0 Å². The Hall–Kier alpha value is -3.14. The van der Waals surface area contributed by atoms with Crippen molar-refractivity contribution in [3.05, 3.63) is 107 Å². The van der Waals surface area contributed by atoms with Crippen molar-refractivity contribution in [2.75, 3.05) is 0 Å². The van der Waals surface area contributed by atoms with E-state index in [1.54, 1.807) is 34.9 Å². The molecule has 0 unspecified atom stereocenters. The lowest BCUT2D eigenvalue weighted by Crippen LogP contribution is -2.32. The number of aromatic nitrogens is 3. The third kappa shape index (κ3) is 4.79. The molecule has 1 aromatic heterocycles. The SMILES string of the molecule is O=S(=O)(N[C@@H](Cc1ccccc1)c1n[nH]c(=S)n1-c1ccc(F)cc1)c1ccccc1. The molecule has 2 N–H and O–H groups in total. The Kier molecular flexibility index (Phi) is 6.08. The van der Waals surface area contributed by atoms with Crippen LogP contribution < -0.4 is 4.72 Å². The molecule has 0 saturated heterocycles. The van der Waals surface area contributed by atoms with Gasteiger partial charge in [-0.1, -0.05) is 48.5 Å². The standard InChI is InChI=1S/C22H19FN4O2S2/c23-17-11-13-18(14-12-17)27-21(24-25-22(27)30)20(15-16-7-3-1-4-8-16)26-31(28,29)19-9-5-2-6-10-19/h1-14,20,26H,15H2,(H,25,30)/t20-/m0/s1. The maximum absolute atomic E-state index is 13.4. The van der Waals surface area contributed by atoms with Crippen LogP contribution in [0, 0.1) is 10.6 Å². The Morgan fingerprint density at radius 1 is 0.968 bits per heavy atom. The van der Waals surface area contributed by atoms with E-state index < -0.39 is 16.1 Å². The van der Waals surface area contributed by atoms with Gasteiger partial charge in [0.1, 0.15) is 5.82 Å². The zero-order valence-electron chi connectivity index (χ0n) is 16.3. The highest BCUT2D eigenvalue weighted by molar-refractivity contribution is 7.89. The topological polar surface area (TPSA) is 79.8 Å². The number of halogens is 1. The fraction of sp³-hybridized carbons (Fsp3) is 0.0909. The minimum Gasteiger partial charge on any atom is -0.271 e. The Morgan fingerprint density at radius 2 is 1.58 bits per heavy atom. The summed E-state index contributed by atoms with van der Waals surface area (Å²) in [6.45, 7) is 0. The van der Waals surface area contributed by atoms with Crippen LogP contribution in [0.1, 0.15) is 17.4 Å². The molecule has 0 saturated carbocycles. The lowest BCUT2D eigenvalue weighted by molar-refractivity contribution is 0.538. The van der Waals surface area contributed by atoms with Crippen LogP contribution in [0.4, 0.5) is 4.39 Å². The Morgan fingerprint density at radius 3 is 2.23 bits per heavy atom. The third-order valence-electron chi connectivity index (χ3n) is 4.73. The van der Waals surface area contributed by atoms with E-state index in [9.17, 15) is 12.8 Å². The number of H-pyrrole nitrogens is 1. The smallest absolute Gasteiger partial charge is 0.241 e. The second kappa shape index (κ2) is 8.93. The highest BCUT2D eigenvalue weighted by atomic mass is 32.2. The van der Waals surface area contributed by atoms with Gasteiger partial charge in [0.2, 0.25) is 10.0 Å². The first kappa shape index (κ1) is 21.1. The first-order valence-electron chi connectivity index (χ1n) is 9.48. The van der Waals surface area contributed by atoms with Gasteiger partial charge in [0.05, 0.1) is 10.9 Å². The van der Waals surface area contributed by atoms with E-state index in [2.05, 4.69) is 14.9 Å². The summed E-state index contributed by atoms with van der Waals surface area (Å²) in [6, 6.07) is 22.6. The van der Waals surface area contributed by atoms with Gasteiger partial charge in [0.25, 0.3) is 0 Å². The zero-order chi connectivity index (χ0) is 21.8. The number of aromatic amines is 1. The van der Waals surface area contributed by atoms with Crippen molar-refractivity contribution in [1.82, 2.24) is 19.5 Å². The van der Waals surface area contributed by atoms with Crippen LogP contribution in [0.2, 0.25) is 0 Å². The molecule has 1 heterocycles. The maximum atomic E-state index is 13.4. The molecule has 0 bridgehead atoms. The second-order valence-corrected chi connectivity index (χ2v) is 8.98. The Bertz CT molecular complexity index is 1320. The van der Waals surface area contributed by atoms with Crippen molar-refractivity contribution in [3.63, 3.8) is 0 Å². The van der Waals surface area contributed by atoms with E-state index in [1.165, 1.54) is 24.3 Å². The van der Waals surface area contributed by atoms with Gasteiger partial charge in [-0.25, -0.2) is 17.5 Å². The minimum absolute atomic E-state index is 0.149. The van der Waals surface area contributed by atoms with Gasteiger partial charge in [-0.05, 0) is 60.6 Å². The summed E-state index contributed by atoms with van der Waals surface area (Å²) in [7, 11) is -3.84. The third-order valence-corrected chi connectivity index (χ3v) is 6.49. The highest BCUT2D eigenvalue weighted by Gasteiger charge is 2.26. The number of hydrogen-bond acceptors (Lipinski definition) is 4. The lowest BCUT2D eigenvalue weighted by Gasteiger charge is -2.19. The molecule has 0 radical (unpaired) electrons. The van der Waals surface area contributed by atoms with E-state index in [1.807, 2.05) is 30.3 Å². The lowest BCUT2D eigenvalue weighted by atomic mass is 10.1. The van der Waals surface area contributed by atoms with Crippen molar-refractivity contribution in [3.8, 4) is 5.69 Å². The van der Waals surface area contributed by atoms with Gasteiger partial charge in [-0.3, -0.25) is 9.67 Å². The molecule has 0 amide bonds. The summed E-state index contributed by atoms with van der Waals surface area (Å²) >= 11 is 5.38. The summed E-state index contributed by atoms with van der Waals surface area (Å²) < 4.78 is 44.2. The summed E-state index contributed by atoms with van der Waals surface area (Å²) in [5.41, 5.74) is 1.50. The first-order valence-corrected chi connectivity index (χ1v) is 11.4. The molecule has 0 fully saturated rings. The number of nitrogens with one attached hydrogen (secondary N) is 2. The molecule has 158 valence electrons. The molecular weight excluding hydrogens is 435 g/mol. The molecule has 0 aliphatic carbocycles. The Balaban J connectivity index is 1.79. The zero-order valence-corrected chi connectivity index (χ0v) is 17.9. The summed E-state index contributed by atoms with van der Waals surface area (Å²) in [6.07, 6.45) is 0.341. The number of nitrogens with zero attached hydrogens (tertiary/aromatic N) is 2. The summed E-state index contributed by atoms with van der Waals surface area (Å²) in [4.78, 5) is 0.149. The molecular formula is C22H19FN4O2S2. The van der Waals surface area contributed by atoms with Crippen LogP contribution in [-0.2, 0) is 16.4 Å². The first-order chi connectivity index (χ1) is 14.9. The van der Waals surface area contributed by atoms with Gasteiger partial charge in [-0.2, -0.15) is 5.10 Å². The maximum Gasteiger partial charge on any atom is 0.241 e. The predicted octanol–water partition coefficient (Wildman–Crippen LogP) is 4.33. The molecule has 9 heteroatoms. The highest BCUT2D eigenvalue weighted by Crippen LogP contribution is 2.23. The second-order valence-electron chi connectivity index (χ2n) is 6.88. The quantitative estimate of drug-likeness (QED) is 0.408. The van der Waals surface area contributed by atoms with E-state index in [-0.39, 0.29) is 15.5 Å². The molecule has 0 aliphatic rings. The fourth-order valence-electron chi connectivity index (χ4n) is 3.27. The van der Waals surface area contributed by atoms with Crippen molar-refractivity contribution >= 4 is 22.2 Å². The molecule has 4 aromatic rings. The number of rotatable bonds is 7. The van der Waals surface area contributed by atoms with Gasteiger partial charge in [-0.15, -0.1) is 0 Å². The predicted molar refractivity (Wildman–Crippen MR) is 118 cm³/mol. The van der Waals surface area contributed by atoms with Gasteiger partial charge < -0.3 is 0 Å². The van der Waals surface area contributed by atoms with Crippen LogP contribution in [0.25, 0.3) is 5.69 Å². The van der Waals surface area contributed by atoms with Crippen LogP contribution in [0.15, 0.2) is 89.8 Å². The molecule has 4 rings (SSSR count). The van der Waals surface area contributed by atoms with Crippen LogP contribution in [0.5, 0.6) is 0 Å². The van der Waals surface area contributed by atoms with Crippen LogP contribution in [-0.4, -0.2) is 23.2 Å². The van der Waals surface area contributed by atoms with Gasteiger partial charge in [0, 0.05) is 5.69 Å². The van der Waals surface area contributed by atoms with Crippen molar-refractivity contribution < 1.29 is 12.8 Å². The Labute approximate surface area is 184 Å². The molecule has 3 aromatic carbocycles. The fourth-order valence-corrected chi connectivity index (χ4v) is 4.73. The van der Waals surface area contributed by atoms with Crippen LogP contribution in [0.3, 0.4) is 0 Å². The molecule has 1 atom stereocenters. The summed E-state index contributed by atoms with van der Waals surface area (Å²) in [5.74, 6) is -0.00843. The van der Waals surface area contributed by atoms with E-state index in [0.29, 0.717) is 17.9 Å². The molecule has 31 heavy (non-hydrogen) atoms.